The number of aryl methyl sites for hydroxylation is 1. The van der Waals surface area contributed by atoms with Crippen molar-refractivity contribution in [2.75, 3.05) is 13.2 Å². The Balaban J connectivity index is 1.69. The molecule has 0 bridgehead atoms. The van der Waals surface area contributed by atoms with E-state index in [9.17, 15) is 9.18 Å². The quantitative estimate of drug-likeness (QED) is 0.798. The van der Waals surface area contributed by atoms with Crippen LogP contribution in [0.3, 0.4) is 0 Å². The third kappa shape index (κ3) is 5.62. The van der Waals surface area contributed by atoms with Crippen LogP contribution in [0.2, 0.25) is 0 Å². The molecule has 0 aliphatic heterocycles. The van der Waals surface area contributed by atoms with E-state index >= 15 is 0 Å². The van der Waals surface area contributed by atoms with Gasteiger partial charge in [-0.3, -0.25) is 4.79 Å². The molecule has 1 N–H and O–H groups in total. The number of halogens is 1. The van der Waals surface area contributed by atoms with Crippen molar-refractivity contribution in [3.8, 4) is 11.5 Å². The Morgan fingerprint density at radius 1 is 1.09 bits per heavy atom. The van der Waals surface area contributed by atoms with Gasteiger partial charge in [-0.05, 0) is 50.2 Å². The molecule has 0 aliphatic rings. The fourth-order valence-electron chi connectivity index (χ4n) is 1.89. The average Bonchev–Trinajstić information content (AvgIpc) is 2.55. The van der Waals surface area contributed by atoms with Crippen molar-refractivity contribution in [2.24, 2.45) is 0 Å². The lowest BCUT2D eigenvalue weighted by Gasteiger charge is -2.15. The van der Waals surface area contributed by atoms with E-state index in [1.165, 1.54) is 12.1 Å². The second-order valence-electron chi connectivity index (χ2n) is 5.17. The molecule has 0 aliphatic carbocycles. The highest BCUT2D eigenvalue weighted by atomic mass is 19.1. The molecule has 0 unspecified atom stereocenters. The maximum Gasteiger partial charge on any atom is 0.260 e. The number of rotatable bonds is 7. The molecule has 0 radical (unpaired) electrons. The minimum absolute atomic E-state index is 0.215. The first-order valence-corrected chi connectivity index (χ1v) is 7.44. The molecule has 0 heterocycles. The van der Waals surface area contributed by atoms with E-state index in [1.807, 2.05) is 31.2 Å². The van der Waals surface area contributed by atoms with Gasteiger partial charge in [0.15, 0.2) is 6.10 Å². The highest BCUT2D eigenvalue weighted by Crippen LogP contribution is 2.13. The van der Waals surface area contributed by atoms with Gasteiger partial charge >= 0.3 is 0 Å². The smallest absolute Gasteiger partial charge is 0.260 e. The molecule has 0 aromatic heterocycles. The summed E-state index contributed by atoms with van der Waals surface area (Å²) in [5, 5.41) is 2.73. The molecule has 1 atom stereocenters. The molecule has 2 aromatic carbocycles. The van der Waals surface area contributed by atoms with Gasteiger partial charge in [-0.1, -0.05) is 17.7 Å². The standard InChI is InChI=1S/C18H20FNO3/c1-13-3-7-17(8-4-13)23-14(2)18(21)20-11-12-22-16-9-5-15(19)6-10-16/h3-10,14H,11-12H2,1-2H3,(H,20,21)/t14-/m0/s1. The monoisotopic (exact) mass is 317 g/mol. The van der Waals surface area contributed by atoms with Crippen LogP contribution >= 0.6 is 0 Å². The predicted octanol–water partition coefficient (Wildman–Crippen LogP) is 3.10. The maximum atomic E-state index is 12.7. The van der Waals surface area contributed by atoms with Crippen LogP contribution in [-0.4, -0.2) is 25.2 Å². The zero-order valence-electron chi connectivity index (χ0n) is 13.2. The molecule has 0 spiro atoms. The van der Waals surface area contributed by atoms with Crippen molar-refractivity contribution in [3.05, 3.63) is 59.9 Å². The van der Waals surface area contributed by atoms with Crippen LogP contribution < -0.4 is 14.8 Å². The number of hydrogen-bond donors (Lipinski definition) is 1. The van der Waals surface area contributed by atoms with Crippen molar-refractivity contribution in [1.82, 2.24) is 5.32 Å². The molecular weight excluding hydrogens is 297 g/mol. The molecule has 4 nitrogen and oxygen atoms in total. The third-order valence-corrected chi connectivity index (χ3v) is 3.19. The Kier molecular flexibility index (Phi) is 5.97. The largest absolute Gasteiger partial charge is 0.492 e. The van der Waals surface area contributed by atoms with E-state index < -0.39 is 6.10 Å². The van der Waals surface area contributed by atoms with Gasteiger partial charge < -0.3 is 14.8 Å². The van der Waals surface area contributed by atoms with Crippen LogP contribution in [0.25, 0.3) is 0 Å². The molecule has 0 saturated heterocycles. The zero-order valence-corrected chi connectivity index (χ0v) is 13.2. The Bertz CT molecular complexity index is 626. The number of benzene rings is 2. The lowest BCUT2D eigenvalue weighted by Crippen LogP contribution is -2.38. The van der Waals surface area contributed by atoms with Crippen LogP contribution in [0, 0.1) is 12.7 Å². The Morgan fingerprint density at radius 3 is 2.35 bits per heavy atom. The summed E-state index contributed by atoms with van der Waals surface area (Å²) < 4.78 is 23.7. The topological polar surface area (TPSA) is 47.6 Å². The summed E-state index contributed by atoms with van der Waals surface area (Å²) >= 11 is 0. The number of carbonyl (C=O) groups excluding carboxylic acids is 1. The summed E-state index contributed by atoms with van der Waals surface area (Å²) in [7, 11) is 0. The van der Waals surface area contributed by atoms with E-state index in [-0.39, 0.29) is 11.7 Å². The number of amides is 1. The van der Waals surface area contributed by atoms with Gasteiger partial charge in [0.2, 0.25) is 0 Å². The summed E-state index contributed by atoms with van der Waals surface area (Å²) in [6.07, 6.45) is -0.594. The zero-order chi connectivity index (χ0) is 16.7. The van der Waals surface area contributed by atoms with Crippen molar-refractivity contribution in [3.63, 3.8) is 0 Å². The van der Waals surface area contributed by atoms with Crippen LogP contribution in [0.5, 0.6) is 11.5 Å². The maximum absolute atomic E-state index is 12.7. The van der Waals surface area contributed by atoms with Crippen molar-refractivity contribution >= 4 is 5.91 Å². The number of ether oxygens (including phenoxy) is 2. The predicted molar refractivity (Wildman–Crippen MR) is 86.2 cm³/mol. The van der Waals surface area contributed by atoms with Gasteiger partial charge in [0.1, 0.15) is 23.9 Å². The lowest BCUT2D eigenvalue weighted by atomic mass is 10.2. The fraction of sp³-hybridized carbons (Fsp3) is 0.278. The van der Waals surface area contributed by atoms with E-state index in [1.54, 1.807) is 19.1 Å². The van der Waals surface area contributed by atoms with Gasteiger partial charge in [-0.2, -0.15) is 0 Å². The number of nitrogens with one attached hydrogen (secondary N) is 1. The molecule has 0 saturated carbocycles. The summed E-state index contributed by atoms with van der Waals surface area (Å²) in [6.45, 7) is 4.32. The first-order valence-electron chi connectivity index (χ1n) is 7.44. The molecule has 1 amide bonds. The summed E-state index contributed by atoms with van der Waals surface area (Å²) in [5.41, 5.74) is 1.13. The Hall–Kier alpha value is -2.56. The first kappa shape index (κ1) is 16.8. The van der Waals surface area contributed by atoms with Gasteiger partial charge in [-0.15, -0.1) is 0 Å². The Labute approximate surface area is 135 Å². The minimum atomic E-state index is -0.594. The van der Waals surface area contributed by atoms with Gasteiger partial charge in [0.05, 0.1) is 6.54 Å². The molecule has 122 valence electrons. The summed E-state index contributed by atoms with van der Waals surface area (Å²) in [6, 6.07) is 13.2. The Morgan fingerprint density at radius 2 is 1.70 bits per heavy atom. The lowest BCUT2D eigenvalue weighted by molar-refractivity contribution is -0.127. The van der Waals surface area contributed by atoms with E-state index in [2.05, 4.69) is 5.32 Å². The minimum Gasteiger partial charge on any atom is -0.492 e. The van der Waals surface area contributed by atoms with Crippen LogP contribution in [0.1, 0.15) is 12.5 Å². The molecule has 0 fully saturated rings. The SMILES string of the molecule is Cc1ccc(O[C@@H](C)C(=O)NCCOc2ccc(F)cc2)cc1. The van der Waals surface area contributed by atoms with Crippen molar-refractivity contribution < 1.29 is 18.7 Å². The van der Waals surface area contributed by atoms with Crippen LogP contribution in [0.15, 0.2) is 48.5 Å². The fourth-order valence-corrected chi connectivity index (χ4v) is 1.89. The van der Waals surface area contributed by atoms with Gasteiger partial charge in [-0.25, -0.2) is 4.39 Å². The van der Waals surface area contributed by atoms with Gasteiger partial charge in [0.25, 0.3) is 5.91 Å². The third-order valence-electron chi connectivity index (χ3n) is 3.19. The van der Waals surface area contributed by atoms with E-state index in [0.717, 1.165) is 5.56 Å². The van der Waals surface area contributed by atoms with E-state index in [0.29, 0.717) is 24.7 Å². The van der Waals surface area contributed by atoms with Crippen molar-refractivity contribution in [2.45, 2.75) is 20.0 Å². The number of hydrogen-bond acceptors (Lipinski definition) is 3. The highest BCUT2D eigenvalue weighted by molar-refractivity contribution is 5.80. The second-order valence-corrected chi connectivity index (χ2v) is 5.17. The summed E-state index contributed by atoms with van der Waals surface area (Å²) in [4.78, 5) is 11.9. The van der Waals surface area contributed by atoms with Gasteiger partial charge in [0, 0.05) is 0 Å². The number of carbonyl (C=O) groups is 1. The first-order chi connectivity index (χ1) is 11.0. The van der Waals surface area contributed by atoms with Crippen LogP contribution in [-0.2, 0) is 4.79 Å². The molecule has 2 aromatic rings. The second kappa shape index (κ2) is 8.17. The summed E-state index contributed by atoms with van der Waals surface area (Å²) in [5.74, 6) is 0.687. The van der Waals surface area contributed by atoms with Crippen LogP contribution in [0.4, 0.5) is 4.39 Å². The van der Waals surface area contributed by atoms with Crippen molar-refractivity contribution in [1.29, 1.82) is 0 Å². The highest BCUT2D eigenvalue weighted by Gasteiger charge is 2.13. The molecule has 2 rings (SSSR count). The molecular formula is C18H20FNO3. The molecule has 5 heteroatoms. The molecule has 23 heavy (non-hydrogen) atoms. The normalized spacial score (nSPS) is 11.6. The average molecular weight is 317 g/mol. The van der Waals surface area contributed by atoms with E-state index in [4.69, 9.17) is 9.47 Å².